The maximum atomic E-state index is 3.48. The second kappa shape index (κ2) is 3.79. The minimum atomic E-state index is 1.17. The summed E-state index contributed by atoms with van der Waals surface area (Å²) < 4.78 is 3.80. The van der Waals surface area contributed by atoms with Crippen LogP contribution in [0.25, 0.3) is 0 Å². The molecule has 0 heterocycles. The van der Waals surface area contributed by atoms with Crippen LogP contribution < -0.4 is 2.37 Å². The van der Waals surface area contributed by atoms with Gasteiger partial charge in [-0.25, -0.2) is 0 Å². The summed E-state index contributed by atoms with van der Waals surface area (Å²) in [7, 11) is 0. The van der Waals surface area contributed by atoms with Crippen LogP contribution in [0.1, 0.15) is 5.56 Å². The molecule has 0 bridgehead atoms. The van der Waals surface area contributed by atoms with Gasteiger partial charge in [-0.1, -0.05) is 0 Å². The topological polar surface area (TPSA) is 0 Å². The number of hydrogen-bond acceptors (Lipinski definition) is 0. The second-order valence-corrected chi connectivity index (χ2v) is 5.36. The number of benzene rings is 1. The molecule has 0 radical (unpaired) electrons. The number of aryl methyl sites for hydroxylation is 1. The van der Waals surface area contributed by atoms with Crippen molar-refractivity contribution in [3.05, 3.63) is 26.6 Å². The second-order valence-electron chi connectivity index (χ2n) is 2.12. The van der Waals surface area contributed by atoms with Crippen LogP contribution in [0.4, 0.5) is 0 Å². The van der Waals surface area contributed by atoms with Crippen molar-refractivity contribution in [2.24, 2.45) is 0 Å². The Bertz CT molecular complexity index is 208. The molecule has 0 aromatic heterocycles. The molecule has 1 aromatic carbocycles. The van der Waals surface area contributed by atoms with Gasteiger partial charge in [-0.2, -0.15) is 0 Å². The zero-order valence-corrected chi connectivity index (χ0v) is 11.5. The molecule has 0 amide bonds. The first-order chi connectivity index (χ1) is 4.61. The predicted molar refractivity (Wildman–Crippen MR) is 46.2 cm³/mol. The van der Waals surface area contributed by atoms with Crippen LogP contribution in [-0.4, -0.2) is 0 Å². The van der Waals surface area contributed by atoms with Gasteiger partial charge in [0, 0.05) is 0 Å². The van der Waals surface area contributed by atoms with E-state index < -0.39 is 0 Å². The molecule has 0 saturated carbocycles. The van der Waals surface area contributed by atoms with E-state index in [2.05, 4.69) is 50.9 Å². The quantitative estimate of drug-likeness (QED) is 0.683. The summed E-state index contributed by atoms with van der Waals surface area (Å²) in [5.74, 6) is 0. The summed E-state index contributed by atoms with van der Waals surface area (Å²) in [6, 6.07) is 4.31. The van der Waals surface area contributed by atoms with E-state index in [-0.39, 0.29) is 0 Å². The number of rotatable bonds is 0. The summed E-state index contributed by atoms with van der Waals surface area (Å²) in [4.78, 5) is 0. The molecule has 3 heteroatoms. The molecule has 0 spiro atoms. The first-order valence-electron chi connectivity index (χ1n) is 2.82. The molecule has 0 aliphatic rings. The SMILES string of the molecule is Cc1c[c]([Y])c(Br)cc1Br. The molecule has 10 heavy (non-hydrogen) atoms. The van der Waals surface area contributed by atoms with Gasteiger partial charge in [0.25, 0.3) is 0 Å². The van der Waals surface area contributed by atoms with Gasteiger partial charge in [0.2, 0.25) is 0 Å². The fourth-order valence-corrected chi connectivity index (χ4v) is 2.49. The van der Waals surface area contributed by atoms with Crippen LogP contribution in [-0.2, 0) is 31.0 Å². The van der Waals surface area contributed by atoms with Crippen LogP contribution in [0.5, 0.6) is 0 Å². The Morgan fingerprint density at radius 3 is 2.30 bits per heavy atom. The summed E-state index contributed by atoms with van der Waals surface area (Å²) in [5, 5.41) is 0. The Balaban J connectivity index is 3.28. The molecule has 1 rings (SSSR count). The summed E-state index contributed by atoms with van der Waals surface area (Å²) >= 11 is 8.11. The van der Waals surface area contributed by atoms with E-state index in [4.69, 9.17) is 0 Å². The number of hydrogen-bond donors (Lipinski definition) is 0. The van der Waals surface area contributed by atoms with Crippen molar-refractivity contribution in [1.82, 2.24) is 0 Å². The number of halogens is 2. The van der Waals surface area contributed by atoms with Gasteiger partial charge in [-0.05, 0) is 0 Å². The average molecular weight is 338 g/mol. The van der Waals surface area contributed by atoms with E-state index in [9.17, 15) is 0 Å². The standard InChI is InChI=1S/C7H5Br2.Y/c1-5-2-3-6(8)4-7(5)9;/h2,4H,1H3;. The Kier molecular flexibility index (Phi) is 3.56. The van der Waals surface area contributed by atoms with Crippen molar-refractivity contribution >= 4 is 34.2 Å². The fraction of sp³-hybridized carbons (Fsp3) is 0.143. The third kappa shape index (κ3) is 2.13. The van der Waals surface area contributed by atoms with E-state index in [1.165, 1.54) is 47.8 Å². The molecule has 0 N–H and O–H groups in total. The van der Waals surface area contributed by atoms with Gasteiger partial charge >= 0.3 is 98.8 Å². The predicted octanol–water partition coefficient (Wildman–Crippen LogP) is 2.69. The monoisotopic (exact) mass is 336 g/mol. The van der Waals surface area contributed by atoms with E-state index in [1.54, 1.807) is 0 Å². The molecule has 0 nitrogen and oxygen atoms in total. The van der Waals surface area contributed by atoms with Crippen molar-refractivity contribution in [3.63, 3.8) is 0 Å². The van der Waals surface area contributed by atoms with Gasteiger partial charge in [-0.3, -0.25) is 0 Å². The van der Waals surface area contributed by atoms with Crippen molar-refractivity contribution < 1.29 is 31.0 Å². The van der Waals surface area contributed by atoms with Crippen molar-refractivity contribution in [2.45, 2.75) is 6.92 Å². The molecule has 0 atom stereocenters. The van der Waals surface area contributed by atoms with Gasteiger partial charge in [0.1, 0.15) is 0 Å². The molecule has 0 aliphatic heterocycles. The third-order valence-corrected chi connectivity index (χ3v) is 5.03. The fourth-order valence-electron chi connectivity index (χ4n) is 0.680. The van der Waals surface area contributed by atoms with Gasteiger partial charge in [-0.15, -0.1) is 0 Å². The normalized spacial score (nSPS) is 9.80. The molecule has 0 fully saturated rings. The summed E-state index contributed by atoms with van der Waals surface area (Å²) in [5.41, 5.74) is 1.31. The van der Waals surface area contributed by atoms with Gasteiger partial charge in [0.05, 0.1) is 0 Å². The molecule has 0 aliphatic carbocycles. The van der Waals surface area contributed by atoms with Crippen molar-refractivity contribution in [1.29, 1.82) is 0 Å². The van der Waals surface area contributed by atoms with Crippen LogP contribution in [0.3, 0.4) is 0 Å². The maximum absolute atomic E-state index is 3.48. The van der Waals surface area contributed by atoms with Crippen LogP contribution in [0.2, 0.25) is 0 Å². The molecule has 0 unspecified atom stereocenters. The molecule has 1 aromatic rings. The van der Waals surface area contributed by atoms with Crippen LogP contribution in [0.15, 0.2) is 21.1 Å². The zero-order valence-electron chi connectivity index (χ0n) is 5.49. The summed E-state index contributed by atoms with van der Waals surface area (Å²) in [6.07, 6.45) is 0. The first kappa shape index (κ1) is 9.37. The molecular formula is C7H5Br2Y. The summed E-state index contributed by atoms with van der Waals surface area (Å²) in [6.45, 7) is 2.11. The minimum absolute atomic E-state index is 1.17. The van der Waals surface area contributed by atoms with Gasteiger partial charge in [0.15, 0.2) is 0 Å². The zero-order chi connectivity index (χ0) is 7.72. The van der Waals surface area contributed by atoms with E-state index in [1.807, 2.05) is 0 Å². The van der Waals surface area contributed by atoms with Crippen LogP contribution in [0, 0.1) is 6.92 Å². The molecule has 0 saturated heterocycles. The van der Waals surface area contributed by atoms with Gasteiger partial charge < -0.3 is 0 Å². The van der Waals surface area contributed by atoms with Crippen molar-refractivity contribution in [3.8, 4) is 0 Å². The average Bonchev–Trinajstić information content (AvgIpc) is 1.84. The Morgan fingerprint density at radius 1 is 1.20 bits per heavy atom. The Labute approximate surface area is 97.5 Å². The molecular weight excluding hydrogens is 333 g/mol. The van der Waals surface area contributed by atoms with E-state index in [0.29, 0.717) is 0 Å². The van der Waals surface area contributed by atoms with Crippen LogP contribution >= 0.6 is 31.9 Å². The van der Waals surface area contributed by atoms with E-state index in [0.717, 1.165) is 0 Å². The molecule has 50 valence electrons. The van der Waals surface area contributed by atoms with Crippen molar-refractivity contribution in [2.75, 3.05) is 0 Å². The Morgan fingerprint density at radius 2 is 1.80 bits per heavy atom. The third-order valence-electron chi connectivity index (χ3n) is 1.28. The Hall–Kier alpha value is 1.28. The van der Waals surface area contributed by atoms with E-state index >= 15 is 0 Å². The first-order valence-corrected chi connectivity index (χ1v) is 5.83.